The maximum Gasteiger partial charge on any atom is 0.0587 e. The second-order valence-electron chi connectivity index (χ2n) is 8.23. The van der Waals surface area contributed by atoms with E-state index in [2.05, 4.69) is 89.3 Å². The topological polar surface area (TPSA) is 27.0 Å². The van der Waals surface area contributed by atoms with Gasteiger partial charge in [0.05, 0.1) is 6.07 Å². The van der Waals surface area contributed by atoms with Crippen molar-refractivity contribution in [1.82, 2.24) is 4.90 Å². The van der Waals surface area contributed by atoms with Gasteiger partial charge in [-0.05, 0) is 75.1 Å². The Balaban J connectivity index is 0.000000941. The van der Waals surface area contributed by atoms with Gasteiger partial charge in [-0.25, -0.2) is 0 Å². The average Bonchev–Trinajstić information content (AvgIpc) is 3.15. The predicted octanol–water partition coefficient (Wildman–Crippen LogP) is 7.09. The minimum absolute atomic E-state index is 0.581. The Hall–Kier alpha value is -1.63. The van der Waals surface area contributed by atoms with Crippen molar-refractivity contribution in [2.75, 3.05) is 6.54 Å². The van der Waals surface area contributed by atoms with E-state index in [1.54, 1.807) is 6.07 Å². The molecular formula is C26H35BrN2. The summed E-state index contributed by atoms with van der Waals surface area (Å²) in [6.45, 7) is 8.24. The lowest BCUT2D eigenvalue weighted by atomic mass is 9.96. The predicted molar refractivity (Wildman–Crippen MR) is 127 cm³/mol. The van der Waals surface area contributed by atoms with Crippen LogP contribution in [-0.2, 0) is 13.0 Å². The van der Waals surface area contributed by atoms with Gasteiger partial charge in [0.15, 0.2) is 0 Å². The molecule has 0 radical (unpaired) electrons. The maximum atomic E-state index is 7.32. The van der Waals surface area contributed by atoms with E-state index in [4.69, 9.17) is 5.26 Å². The fraction of sp³-hybridized carbons (Fsp3) is 0.500. The van der Waals surface area contributed by atoms with E-state index in [0.29, 0.717) is 6.04 Å². The third-order valence-corrected chi connectivity index (χ3v) is 6.52. The lowest BCUT2D eigenvalue weighted by Crippen LogP contribution is -2.31. The first kappa shape index (κ1) is 23.6. The molecule has 2 aromatic rings. The zero-order chi connectivity index (χ0) is 21.1. The molecule has 1 fully saturated rings. The van der Waals surface area contributed by atoms with Gasteiger partial charge in [-0.2, -0.15) is 5.26 Å². The van der Waals surface area contributed by atoms with Crippen molar-refractivity contribution in [1.29, 1.82) is 5.26 Å². The number of halogens is 1. The largest absolute Gasteiger partial charge is 0.297 e. The van der Waals surface area contributed by atoms with E-state index in [9.17, 15) is 0 Å². The highest BCUT2D eigenvalue weighted by Gasteiger charge is 2.23. The van der Waals surface area contributed by atoms with Crippen molar-refractivity contribution >= 4 is 15.9 Å². The summed E-state index contributed by atoms with van der Waals surface area (Å²) in [5.74, 6) is 0.760. The second-order valence-corrected chi connectivity index (χ2v) is 9.52. The molecule has 1 aliphatic carbocycles. The summed E-state index contributed by atoms with van der Waals surface area (Å²) in [7, 11) is 0. The zero-order valence-electron chi connectivity index (χ0n) is 18.2. The molecule has 0 heterocycles. The molecule has 156 valence electrons. The van der Waals surface area contributed by atoms with Gasteiger partial charge in [0.2, 0.25) is 0 Å². The zero-order valence-corrected chi connectivity index (χ0v) is 19.7. The molecule has 0 saturated heterocycles. The van der Waals surface area contributed by atoms with E-state index in [-0.39, 0.29) is 0 Å². The first-order valence-corrected chi connectivity index (χ1v) is 11.8. The van der Waals surface area contributed by atoms with Crippen LogP contribution in [0.3, 0.4) is 0 Å². The van der Waals surface area contributed by atoms with Crippen LogP contribution < -0.4 is 0 Å². The van der Waals surface area contributed by atoms with Crippen molar-refractivity contribution in [3.8, 4) is 6.07 Å². The molecule has 1 aliphatic rings. The van der Waals surface area contributed by atoms with Crippen LogP contribution in [-0.4, -0.2) is 22.3 Å². The van der Waals surface area contributed by atoms with E-state index in [1.165, 1.54) is 55.7 Å². The normalized spacial score (nSPS) is 18.4. The Kier molecular flexibility index (Phi) is 10.5. The van der Waals surface area contributed by atoms with Gasteiger partial charge < -0.3 is 0 Å². The molecule has 2 aromatic carbocycles. The van der Waals surface area contributed by atoms with E-state index in [0.717, 1.165) is 23.8 Å². The summed E-state index contributed by atoms with van der Waals surface area (Å²) < 4.78 is 0. The van der Waals surface area contributed by atoms with Gasteiger partial charge in [0.25, 0.3) is 0 Å². The smallest absolute Gasteiger partial charge is 0.0587 e. The van der Waals surface area contributed by atoms with Crippen LogP contribution in [0.25, 0.3) is 0 Å². The van der Waals surface area contributed by atoms with Crippen molar-refractivity contribution in [2.24, 2.45) is 0 Å². The van der Waals surface area contributed by atoms with Gasteiger partial charge in [-0.3, -0.25) is 4.90 Å². The van der Waals surface area contributed by atoms with Gasteiger partial charge in [0, 0.05) is 24.3 Å². The number of nitriles is 1. The van der Waals surface area contributed by atoms with Crippen LogP contribution >= 0.6 is 15.9 Å². The number of rotatable bonds is 8. The first-order valence-electron chi connectivity index (χ1n) is 10.8. The number of benzene rings is 2. The molecule has 3 heteroatoms. The Morgan fingerprint density at radius 1 is 1.03 bits per heavy atom. The molecule has 0 spiro atoms. The van der Waals surface area contributed by atoms with Crippen LogP contribution in [0.15, 0.2) is 54.6 Å². The molecule has 0 N–H and O–H groups in total. The SMILES string of the molecule is CC#N.CC(C)N(CCCc1ccc(C2CCC(Br)C2)cc1)Cc1ccccc1. The van der Waals surface area contributed by atoms with Crippen LogP contribution in [0.2, 0.25) is 0 Å². The quantitative estimate of drug-likeness (QED) is 0.397. The van der Waals surface area contributed by atoms with Gasteiger partial charge in [-0.1, -0.05) is 70.5 Å². The summed E-state index contributed by atoms with van der Waals surface area (Å²) in [6, 6.07) is 22.6. The Bertz CT molecular complexity index is 734. The van der Waals surface area contributed by atoms with Crippen molar-refractivity contribution in [3.63, 3.8) is 0 Å². The van der Waals surface area contributed by atoms with Crippen molar-refractivity contribution in [3.05, 3.63) is 71.3 Å². The third-order valence-electron chi connectivity index (χ3n) is 5.69. The molecular weight excluding hydrogens is 420 g/mol. The van der Waals surface area contributed by atoms with Crippen LogP contribution in [0, 0.1) is 11.3 Å². The van der Waals surface area contributed by atoms with Crippen molar-refractivity contribution < 1.29 is 0 Å². The maximum absolute atomic E-state index is 7.32. The Labute approximate surface area is 186 Å². The Morgan fingerprint density at radius 2 is 1.69 bits per heavy atom. The van der Waals surface area contributed by atoms with Crippen LogP contribution in [0.4, 0.5) is 0 Å². The number of aryl methyl sites for hydroxylation is 1. The molecule has 29 heavy (non-hydrogen) atoms. The van der Waals surface area contributed by atoms with Gasteiger partial charge in [-0.15, -0.1) is 0 Å². The lowest BCUT2D eigenvalue weighted by Gasteiger charge is -2.26. The minimum Gasteiger partial charge on any atom is -0.297 e. The number of alkyl halides is 1. The number of hydrogen-bond donors (Lipinski definition) is 0. The molecule has 0 aliphatic heterocycles. The summed E-state index contributed by atoms with van der Waals surface area (Å²) in [6.07, 6.45) is 6.33. The van der Waals surface area contributed by atoms with Crippen molar-refractivity contribution in [2.45, 2.75) is 76.2 Å². The summed E-state index contributed by atoms with van der Waals surface area (Å²) in [5, 5.41) is 7.32. The van der Waals surface area contributed by atoms with E-state index < -0.39 is 0 Å². The monoisotopic (exact) mass is 454 g/mol. The molecule has 0 bridgehead atoms. The molecule has 2 unspecified atom stereocenters. The standard InChI is InChI=1S/C24H32BrN.C2H3N/c1-19(2)26(18-21-7-4-3-5-8-21)16-6-9-20-10-12-22(13-11-20)23-14-15-24(25)17-23;1-2-3/h3-5,7-8,10-13,19,23-24H,6,9,14-18H2,1-2H3;1H3. The minimum atomic E-state index is 0.581. The highest BCUT2D eigenvalue weighted by atomic mass is 79.9. The van der Waals surface area contributed by atoms with Crippen LogP contribution in [0.1, 0.15) is 69.1 Å². The first-order chi connectivity index (χ1) is 14.0. The molecule has 0 amide bonds. The van der Waals surface area contributed by atoms with Gasteiger partial charge in [0.1, 0.15) is 0 Å². The lowest BCUT2D eigenvalue weighted by molar-refractivity contribution is 0.210. The molecule has 3 rings (SSSR count). The highest BCUT2D eigenvalue weighted by molar-refractivity contribution is 9.09. The third kappa shape index (κ3) is 8.33. The summed E-state index contributed by atoms with van der Waals surface area (Å²) in [5.41, 5.74) is 4.42. The molecule has 0 aromatic heterocycles. The second kappa shape index (κ2) is 12.8. The fourth-order valence-electron chi connectivity index (χ4n) is 4.01. The molecule has 1 saturated carbocycles. The Morgan fingerprint density at radius 3 is 2.24 bits per heavy atom. The van der Waals surface area contributed by atoms with E-state index >= 15 is 0 Å². The average molecular weight is 455 g/mol. The van der Waals surface area contributed by atoms with E-state index in [1.807, 2.05) is 0 Å². The summed E-state index contributed by atoms with van der Waals surface area (Å²) in [4.78, 5) is 3.30. The molecule has 2 nitrogen and oxygen atoms in total. The van der Waals surface area contributed by atoms with Crippen LogP contribution in [0.5, 0.6) is 0 Å². The van der Waals surface area contributed by atoms with Gasteiger partial charge >= 0.3 is 0 Å². The fourth-order valence-corrected chi connectivity index (χ4v) is 4.73. The number of hydrogen-bond acceptors (Lipinski definition) is 2. The summed E-state index contributed by atoms with van der Waals surface area (Å²) >= 11 is 3.77. The molecule has 2 atom stereocenters. The highest BCUT2D eigenvalue weighted by Crippen LogP contribution is 2.37. The number of nitrogens with zero attached hydrogens (tertiary/aromatic N) is 2.